The van der Waals surface area contributed by atoms with Gasteiger partial charge in [0.05, 0.1) is 18.7 Å². The van der Waals surface area contributed by atoms with Gasteiger partial charge >= 0.3 is 6.09 Å². The molecule has 2 unspecified atom stereocenters. The molecule has 5 rings (SSSR count). The van der Waals surface area contributed by atoms with Gasteiger partial charge in [0, 0.05) is 24.8 Å². The first-order valence-electron chi connectivity index (χ1n) is 11.0. The van der Waals surface area contributed by atoms with Gasteiger partial charge in [-0.15, -0.1) is 0 Å². The summed E-state index contributed by atoms with van der Waals surface area (Å²) in [5, 5.41) is 5.28. The summed E-state index contributed by atoms with van der Waals surface area (Å²) in [6.07, 6.45) is 0.812. The lowest BCUT2D eigenvalue weighted by molar-refractivity contribution is -0.155. The Balaban J connectivity index is 1.48. The molecular formula is C23H27N3O6. The maximum atomic E-state index is 12.7. The van der Waals surface area contributed by atoms with Gasteiger partial charge in [-0.05, 0) is 44.7 Å². The van der Waals surface area contributed by atoms with Gasteiger partial charge in [-0.1, -0.05) is 12.1 Å². The van der Waals surface area contributed by atoms with Crippen molar-refractivity contribution in [3.05, 3.63) is 28.8 Å². The Morgan fingerprint density at radius 2 is 1.91 bits per heavy atom. The van der Waals surface area contributed by atoms with Crippen LogP contribution in [0.15, 0.2) is 12.1 Å². The number of nitrogens with one attached hydrogen (secondary N) is 2. The number of carbonyl (C=O) groups excluding carboxylic acids is 4. The Hall–Kier alpha value is -3.10. The van der Waals surface area contributed by atoms with E-state index >= 15 is 0 Å². The van der Waals surface area contributed by atoms with Crippen LogP contribution >= 0.6 is 0 Å². The van der Waals surface area contributed by atoms with Gasteiger partial charge in [-0.25, -0.2) is 4.79 Å². The number of benzene rings is 1. The van der Waals surface area contributed by atoms with Crippen LogP contribution in [-0.2, 0) is 27.3 Å². The number of likely N-dealkylation sites (tertiary alicyclic amines) is 1. The summed E-state index contributed by atoms with van der Waals surface area (Å²) in [6, 6.07) is 3.87. The van der Waals surface area contributed by atoms with E-state index in [1.807, 2.05) is 32.9 Å². The molecule has 0 saturated carbocycles. The second-order valence-corrected chi connectivity index (χ2v) is 10.1. The van der Waals surface area contributed by atoms with E-state index in [4.69, 9.17) is 9.47 Å². The van der Waals surface area contributed by atoms with Gasteiger partial charge in [0.1, 0.15) is 17.0 Å². The average Bonchev–Trinajstić information content (AvgIpc) is 3.05. The van der Waals surface area contributed by atoms with Gasteiger partial charge in [0.15, 0.2) is 0 Å². The Bertz CT molecular complexity index is 1040. The van der Waals surface area contributed by atoms with Crippen LogP contribution in [0, 0.1) is 11.8 Å². The van der Waals surface area contributed by atoms with E-state index in [9.17, 15) is 19.2 Å². The quantitative estimate of drug-likeness (QED) is 0.639. The Morgan fingerprint density at radius 3 is 2.59 bits per heavy atom. The van der Waals surface area contributed by atoms with Crippen LogP contribution in [0.25, 0.3) is 0 Å². The fraction of sp³-hybridized carbons (Fsp3) is 0.565. The predicted octanol–water partition coefficient (Wildman–Crippen LogP) is 1.52. The van der Waals surface area contributed by atoms with E-state index in [2.05, 4.69) is 10.6 Å². The Labute approximate surface area is 185 Å². The third-order valence-electron chi connectivity index (χ3n) is 6.75. The molecule has 4 aliphatic heterocycles. The van der Waals surface area contributed by atoms with Crippen molar-refractivity contribution < 1.29 is 28.7 Å². The minimum atomic E-state index is -0.815. The fourth-order valence-electron chi connectivity index (χ4n) is 5.26. The van der Waals surface area contributed by atoms with Crippen molar-refractivity contribution in [3.63, 3.8) is 0 Å². The third kappa shape index (κ3) is 3.30. The lowest BCUT2D eigenvalue weighted by Gasteiger charge is -2.57. The number of carbonyl (C=O) groups is 4. The van der Waals surface area contributed by atoms with Gasteiger partial charge in [0.25, 0.3) is 5.91 Å². The smallest absolute Gasteiger partial charge is 0.410 e. The van der Waals surface area contributed by atoms with Crippen molar-refractivity contribution in [3.8, 4) is 5.75 Å². The highest BCUT2D eigenvalue weighted by Crippen LogP contribution is 2.49. The topological polar surface area (TPSA) is 114 Å². The molecule has 2 N–H and O–H groups in total. The average molecular weight is 441 g/mol. The lowest BCUT2D eigenvalue weighted by Crippen LogP contribution is -2.73. The number of hydrogen-bond donors (Lipinski definition) is 2. The molecule has 9 nitrogen and oxygen atoms in total. The van der Waals surface area contributed by atoms with E-state index < -0.39 is 23.2 Å². The molecule has 9 heteroatoms. The largest absolute Gasteiger partial charge is 0.482 e. The van der Waals surface area contributed by atoms with Gasteiger partial charge < -0.3 is 19.7 Å². The first-order valence-corrected chi connectivity index (χ1v) is 11.0. The second-order valence-electron chi connectivity index (χ2n) is 10.1. The number of amides is 4. The molecule has 32 heavy (non-hydrogen) atoms. The number of piperidine rings is 1. The van der Waals surface area contributed by atoms with Gasteiger partial charge in [0.2, 0.25) is 11.8 Å². The highest BCUT2D eigenvalue weighted by atomic mass is 16.6. The van der Waals surface area contributed by atoms with Crippen molar-refractivity contribution in [2.75, 3.05) is 13.1 Å². The predicted molar refractivity (Wildman–Crippen MR) is 112 cm³/mol. The van der Waals surface area contributed by atoms with Crippen molar-refractivity contribution >= 4 is 23.8 Å². The van der Waals surface area contributed by atoms with Crippen molar-refractivity contribution in [2.45, 2.75) is 57.8 Å². The molecule has 1 spiro atoms. The zero-order chi connectivity index (χ0) is 22.8. The standard InChI is InChI=1S/C23H27N3O6/c1-22(2,3)32-21(30)26-10-23(11-26)15(14-6-7-16(27)25-19(14)28)8-12-4-5-13-9-24-20(29)17(13)18(12)31-23/h4-5,14-15H,6-11H2,1-3H3,(H,24,29)(H,25,27,28). The molecule has 0 aromatic heterocycles. The van der Waals surface area contributed by atoms with E-state index in [0.717, 1.165) is 11.1 Å². The zero-order valence-corrected chi connectivity index (χ0v) is 18.4. The summed E-state index contributed by atoms with van der Waals surface area (Å²) in [5.41, 5.74) is 0.856. The molecule has 4 aliphatic rings. The molecule has 0 bridgehead atoms. The number of fused-ring (bicyclic) bond motifs is 3. The second kappa shape index (κ2) is 6.95. The van der Waals surface area contributed by atoms with Crippen LogP contribution in [0.5, 0.6) is 5.75 Å². The van der Waals surface area contributed by atoms with E-state index in [1.165, 1.54) is 0 Å². The molecule has 0 aliphatic carbocycles. The Morgan fingerprint density at radius 1 is 1.19 bits per heavy atom. The molecule has 170 valence electrons. The van der Waals surface area contributed by atoms with Crippen LogP contribution in [0.2, 0.25) is 0 Å². The SMILES string of the molecule is CC(C)(C)OC(=O)N1CC2(C1)Oc1c(ccc3c1C(=O)NC3)CC2C1CCC(=O)NC1=O. The van der Waals surface area contributed by atoms with E-state index in [-0.39, 0.29) is 43.1 Å². The molecule has 0 radical (unpaired) electrons. The molecular weight excluding hydrogens is 414 g/mol. The zero-order valence-electron chi connectivity index (χ0n) is 18.4. The molecule has 1 aromatic carbocycles. The van der Waals surface area contributed by atoms with Crippen LogP contribution in [0.1, 0.15) is 55.1 Å². The lowest BCUT2D eigenvalue weighted by atomic mass is 9.66. The summed E-state index contributed by atoms with van der Waals surface area (Å²) in [6.45, 7) is 6.40. The molecule has 2 atom stereocenters. The van der Waals surface area contributed by atoms with Crippen LogP contribution < -0.4 is 15.4 Å². The van der Waals surface area contributed by atoms with Crippen molar-refractivity contribution in [1.29, 1.82) is 0 Å². The van der Waals surface area contributed by atoms with E-state index in [0.29, 0.717) is 30.7 Å². The summed E-state index contributed by atoms with van der Waals surface area (Å²) < 4.78 is 12.0. The molecule has 1 aromatic rings. The van der Waals surface area contributed by atoms with Gasteiger partial charge in [-0.3, -0.25) is 19.7 Å². The monoisotopic (exact) mass is 441 g/mol. The molecule has 4 amide bonds. The van der Waals surface area contributed by atoms with Crippen molar-refractivity contribution in [1.82, 2.24) is 15.5 Å². The third-order valence-corrected chi connectivity index (χ3v) is 6.75. The molecule has 2 fully saturated rings. The minimum absolute atomic E-state index is 0.172. The maximum Gasteiger partial charge on any atom is 0.410 e. The van der Waals surface area contributed by atoms with Crippen LogP contribution in [-0.4, -0.2) is 53.0 Å². The van der Waals surface area contributed by atoms with E-state index in [1.54, 1.807) is 4.90 Å². The maximum absolute atomic E-state index is 12.7. The summed E-state index contributed by atoms with van der Waals surface area (Å²) >= 11 is 0. The van der Waals surface area contributed by atoms with Gasteiger partial charge in [-0.2, -0.15) is 0 Å². The number of imide groups is 1. The number of ether oxygens (including phenoxy) is 2. The van der Waals surface area contributed by atoms with Crippen LogP contribution in [0.4, 0.5) is 4.79 Å². The normalized spacial score (nSPS) is 25.8. The first kappa shape index (κ1) is 20.8. The first-order chi connectivity index (χ1) is 15.1. The highest BCUT2D eigenvalue weighted by molar-refractivity contribution is 6.01. The fourth-order valence-corrected chi connectivity index (χ4v) is 5.26. The summed E-state index contributed by atoms with van der Waals surface area (Å²) in [5.74, 6) is -0.837. The van der Waals surface area contributed by atoms with Crippen LogP contribution in [0.3, 0.4) is 0 Å². The summed E-state index contributed by atoms with van der Waals surface area (Å²) in [4.78, 5) is 51.1. The molecule has 2 saturated heterocycles. The van der Waals surface area contributed by atoms with Crippen molar-refractivity contribution in [2.24, 2.45) is 11.8 Å². The number of rotatable bonds is 1. The number of nitrogens with zero attached hydrogens (tertiary/aromatic N) is 1. The molecule has 4 heterocycles. The Kier molecular flexibility index (Phi) is 4.51. The number of hydrogen-bond acceptors (Lipinski definition) is 6. The minimum Gasteiger partial charge on any atom is -0.482 e. The highest BCUT2D eigenvalue weighted by Gasteiger charge is 2.59. The summed E-state index contributed by atoms with van der Waals surface area (Å²) in [7, 11) is 0.